The summed E-state index contributed by atoms with van der Waals surface area (Å²) in [6, 6.07) is 18.5. The van der Waals surface area contributed by atoms with Crippen LogP contribution in [0.2, 0.25) is 0 Å². The number of likely N-dealkylation sites (N-methyl/N-ethyl adjacent to an activating group) is 1. The summed E-state index contributed by atoms with van der Waals surface area (Å²) in [5, 5.41) is 12.0. The number of aliphatic carboxylic acids is 1. The number of nitrogens with zero attached hydrogens (tertiary/aromatic N) is 1. The van der Waals surface area contributed by atoms with Gasteiger partial charge in [-0.3, -0.25) is 9.59 Å². The summed E-state index contributed by atoms with van der Waals surface area (Å²) < 4.78 is 6.42. The SMILES string of the molecule is C[N+](C)(C)C[C@@H](CC(=O)O)NC(=O)CCCCCCCOCc1ccc(-c2ccccc2)cc1. The van der Waals surface area contributed by atoms with Crippen molar-refractivity contribution in [3.63, 3.8) is 0 Å². The van der Waals surface area contributed by atoms with Gasteiger partial charge in [-0.25, -0.2) is 0 Å². The van der Waals surface area contributed by atoms with Crippen LogP contribution in [0, 0.1) is 0 Å². The first-order valence-corrected chi connectivity index (χ1v) is 12.3. The Morgan fingerprint density at radius 1 is 0.882 bits per heavy atom. The lowest BCUT2D eigenvalue weighted by Gasteiger charge is -2.29. The molecule has 1 atom stereocenters. The lowest BCUT2D eigenvalue weighted by atomic mass is 10.0. The van der Waals surface area contributed by atoms with Crippen LogP contribution in [-0.2, 0) is 20.9 Å². The van der Waals surface area contributed by atoms with Crippen LogP contribution in [-0.4, -0.2) is 61.8 Å². The molecule has 2 N–H and O–H groups in total. The van der Waals surface area contributed by atoms with Gasteiger partial charge in [0, 0.05) is 13.0 Å². The van der Waals surface area contributed by atoms with Crippen LogP contribution in [0.5, 0.6) is 0 Å². The van der Waals surface area contributed by atoms with E-state index in [9.17, 15) is 9.59 Å². The molecule has 0 unspecified atom stereocenters. The Balaban J connectivity index is 1.52. The van der Waals surface area contributed by atoms with Gasteiger partial charge < -0.3 is 19.6 Å². The van der Waals surface area contributed by atoms with Crippen molar-refractivity contribution in [3.8, 4) is 11.1 Å². The highest BCUT2D eigenvalue weighted by Gasteiger charge is 2.22. The maximum atomic E-state index is 12.2. The van der Waals surface area contributed by atoms with Crippen LogP contribution < -0.4 is 5.32 Å². The molecule has 0 radical (unpaired) electrons. The first kappa shape index (κ1) is 27.5. The number of benzene rings is 2. The second-order valence-electron chi connectivity index (χ2n) is 9.97. The van der Waals surface area contributed by atoms with Crippen molar-refractivity contribution in [2.24, 2.45) is 0 Å². The van der Waals surface area contributed by atoms with Crippen molar-refractivity contribution in [3.05, 3.63) is 60.2 Å². The number of carbonyl (C=O) groups excluding carboxylic acids is 1. The lowest BCUT2D eigenvalue weighted by Crippen LogP contribution is -2.49. The zero-order valence-corrected chi connectivity index (χ0v) is 21.0. The molecule has 0 fully saturated rings. The van der Waals surface area contributed by atoms with Gasteiger partial charge in [-0.15, -0.1) is 0 Å². The van der Waals surface area contributed by atoms with Crippen molar-refractivity contribution in [2.75, 3.05) is 34.3 Å². The molecule has 0 aliphatic heterocycles. The van der Waals surface area contributed by atoms with Gasteiger partial charge in [-0.05, 0) is 29.5 Å². The Morgan fingerprint density at radius 3 is 2.15 bits per heavy atom. The Labute approximate surface area is 204 Å². The minimum absolute atomic E-state index is 0.0432. The maximum absolute atomic E-state index is 12.2. The van der Waals surface area contributed by atoms with Crippen molar-refractivity contribution in [1.29, 1.82) is 0 Å². The van der Waals surface area contributed by atoms with Crippen molar-refractivity contribution in [2.45, 2.75) is 57.6 Å². The number of carbonyl (C=O) groups is 2. The number of amides is 1. The molecule has 0 heterocycles. The van der Waals surface area contributed by atoms with E-state index in [0.717, 1.165) is 38.7 Å². The minimum Gasteiger partial charge on any atom is -0.481 e. The summed E-state index contributed by atoms with van der Waals surface area (Å²) in [4.78, 5) is 23.3. The first-order valence-electron chi connectivity index (χ1n) is 12.3. The summed E-state index contributed by atoms with van der Waals surface area (Å²) in [5.41, 5.74) is 3.61. The normalized spacial score (nSPS) is 12.3. The van der Waals surface area contributed by atoms with Gasteiger partial charge in [0.25, 0.3) is 0 Å². The van der Waals surface area contributed by atoms with Gasteiger partial charge >= 0.3 is 5.97 Å². The highest BCUT2D eigenvalue weighted by atomic mass is 16.5. The van der Waals surface area contributed by atoms with Crippen molar-refractivity contribution < 1.29 is 23.9 Å². The molecular weight excluding hydrogens is 428 g/mol. The molecule has 0 aliphatic carbocycles. The molecule has 0 spiro atoms. The molecule has 2 aromatic carbocycles. The van der Waals surface area contributed by atoms with Gasteiger partial charge in [0.05, 0.1) is 46.8 Å². The number of rotatable bonds is 16. The number of carboxylic acids is 1. The molecular formula is C28H41N2O4+. The van der Waals surface area contributed by atoms with E-state index in [1.165, 1.54) is 16.7 Å². The molecule has 34 heavy (non-hydrogen) atoms. The Kier molecular flexibility index (Phi) is 11.8. The molecule has 0 saturated heterocycles. The van der Waals surface area contributed by atoms with E-state index in [1.807, 2.05) is 39.3 Å². The van der Waals surface area contributed by atoms with Crippen LogP contribution in [0.25, 0.3) is 11.1 Å². The summed E-state index contributed by atoms with van der Waals surface area (Å²) in [5.74, 6) is -0.938. The molecule has 1 amide bonds. The Bertz CT molecular complexity index is 860. The quantitative estimate of drug-likeness (QED) is 0.271. The highest BCUT2D eigenvalue weighted by Crippen LogP contribution is 2.19. The number of quaternary nitrogens is 1. The zero-order chi connectivity index (χ0) is 24.8. The average molecular weight is 470 g/mol. The fraction of sp³-hybridized carbons (Fsp3) is 0.500. The smallest absolute Gasteiger partial charge is 0.305 e. The summed E-state index contributed by atoms with van der Waals surface area (Å²) in [6.45, 7) is 1.96. The maximum Gasteiger partial charge on any atom is 0.305 e. The number of carboxylic acid groups (broad SMARTS) is 1. The first-order chi connectivity index (χ1) is 16.2. The van der Waals surface area contributed by atoms with E-state index in [-0.39, 0.29) is 18.4 Å². The third-order valence-electron chi connectivity index (χ3n) is 5.58. The zero-order valence-electron chi connectivity index (χ0n) is 21.0. The van der Waals surface area contributed by atoms with E-state index in [4.69, 9.17) is 9.84 Å². The largest absolute Gasteiger partial charge is 0.481 e. The predicted octanol–water partition coefficient (Wildman–Crippen LogP) is 4.88. The molecule has 2 aromatic rings. The van der Waals surface area contributed by atoms with E-state index in [2.05, 4.69) is 41.7 Å². The molecule has 0 aromatic heterocycles. The number of unbranched alkanes of at least 4 members (excludes halogenated alkanes) is 4. The van der Waals surface area contributed by atoms with E-state index in [0.29, 0.717) is 24.1 Å². The number of hydrogen-bond donors (Lipinski definition) is 2. The summed E-state index contributed by atoms with van der Waals surface area (Å²) in [7, 11) is 5.98. The van der Waals surface area contributed by atoms with Crippen LogP contribution in [0.4, 0.5) is 0 Å². The molecule has 0 aliphatic rings. The van der Waals surface area contributed by atoms with Gasteiger partial charge in [0.2, 0.25) is 5.91 Å². The van der Waals surface area contributed by atoms with E-state index < -0.39 is 5.97 Å². The van der Waals surface area contributed by atoms with Crippen molar-refractivity contribution in [1.82, 2.24) is 5.32 Å². The molecule has 2 rings (SSSR count). The summed E-state index contributed by atoms with van der Waals surface area (Å²) >= 11 is 0. The minimum atomic E-state index is -0.884. The van der Waals surface area contributed by atoms with Crippen LogP contribution in [0.15, 0.2) is 54.6 Å². The van der Waals surface area contributed by atoms with Gasteiger partial charge in [-0.2, -0.15) is 0 Å². The van der Waals surface area contributed by atoms with Gasteiger partial charge in [-0.1, -0.05) is 73.9 Å². The number of hydrogen-bond acceptors (Lipinski definition) is 3. The molecule has 186 valence electrons. The van der Waals surface area contributed by atoms with E-state index >= 15 is 0 Å². The molecule has 6 nitrogen and oxygen atoms in total. The predicted molar refractivity (Wildman–Crippen MR) is 136 cm³/mol. The highest BCUT2D eigenvalue weighted by molar-refractivity contribution is 5.77. The topological polar surface area (TPSA) is 75.6 Å². The van der Waals surface area contributed by atoms with Crippen LogP contribution in [0.1, 0.15) is 50.5 Å². The van der Waals surface area contributed by atoms with Gasteiger partial charge in [0.1, 0.15) is 0 Å². The van der Waals surface area contributed by atoms with Crippen LogP contribution in [0.3, 0.4) is 0 Å². The number of nitrogens with one attached hydrogen (secondary N) is 1. The molecule has 6 heteroatoms. The second-order valence-corrected chi connectivity index (χ2v) is 9.97. The third kappa shape index (κ3) is 12.0. The monoisotopic (exact) mass is 469 g/mol. The average Bonchev–Trinajstić information content (AvgIpc) is 2.77. The third-order valence-corrected chi connectivity index (χ3v) is 5.58. The van der Waals surface area contributed by atoms with Gasteiger partial charge in [0.15, 0.2) is 0 Å². The fourth-order valence-corrected chi connectivity index (χ4v) is 3.97. The second kappa shape index (κ2) is 14.5. The molecule has 0 saturated carbocycles. The standard InChI is InChI=1S/C28H40N2O4/c1-30(2,3)21-26(20-28(32)33)29-27(31)14-10-5-4-6-11-19-34-22-23-15-17-25(18-16-23)24-12-8-7-9-13-24/h7-9,12-13,15-18,26H,4-6,10-11,14,19-22H2,1-3H3,(H-,29,31,32,33)/p+1/t26-/m1/s1. The van der Waals surface area contributed by atoms with Crippen molar-refractivity contribution >= 4 is 11.9 Å². The molecule has 0 bridgehead atoms. The summed E-state index contributed by atoms with van der Waals surface area (Å²) in [6.07, 6.45) is 5.38. The van der Waals surface area contributed by atoms with Crippen LogP contribution >= 0.6 is 0 Å². The van der Waals surface area contributed by atoms with E-state index in [1.54, 1.807) is 0 Å². The lowest BCUT2D eigenvalue weighted by molar-refractivity contribution is -0.871. The number of ether oxygens (including phenoxy) is 1. The fourth-order valence-electron chi connectivity index (χ4n) is 3.97. The Hall–Kier alpha value is -2.70. The Morgan fingerprint density at radius 2 is 1.50 bits per heavy atom.